The van der Waals surface area contributed by atoms with Crippen LogP contribution in [0.3, 0.4) is 0 Å². The fourth-order valence-corrected chi connectivity index (χ4v) is 1.12. The Morgan fingerprint density at radius 2 is 1.90 bits per heavy atom. The fraction of sp³-hybridized carbons (Fsp3) is 0.143. The van der Waals surface area contributed by atoms with Crippen molar-refractivity contribution in [1.29, 1.82) is 0 Å². The predicted molar refractivity (Wildman–Crippen MR) is 39.6 cm³/mol. The molecule has 1 rings (SSSR count). The van der Waals surface area contributed by atoms with Crippen molar-refractivity contribution < 1.29 is 12.5 Å². The lowest BCUT2D eigenvalue weighted by atomic mass is 10.4. The topological polar surface area (TPSA) is 34.1 Å². The van der Waals surface area contributed by atoms with Gasteiger partial charge in [-0.2, -0.15) is 0 Å². The van der Waals surface area contributed by atoms with E-state index in [0.717, 1.165) is 0 Å². The summed E-state index contributed by atoms with van der Waals surface area (Å²) in [4.78, 5) is -0.171. The zero-order chi connectivity index (χ0) is 10.1. The van der Waals surface area contributed by atoms with E-state index in [1.54, 1.807) is 6.07 Å². The molecule has 0 bridgehead atoms. The summed E-state index contributed by atoms with van der Waals surface area (Å²) < 4.78 is 43.0. The highest BCUT2D eigenvalue weighted by Gasteiger charge is 2.02. The van der Waals surface area contributed by atoms with Crippen molar-refractivity contribution in [3.8, 4) is 0 Å². The molecule has 0 amide bonds. The van der Waals surface area contributed by atoms with Gasteiger partial charge < -0.3 is 0 Å². The standard InChI is InChI=1S/C7H8O2S/c1-10(8,9)7-5-3-2-4-6-7/h2-6H,1H3/i1+1D3. The molecule has 0 aliphatic rings. The van der Waals surface area contributed by atoms with Crippen LogP contribution in [0, 0.1) is 0 Å². The highest BCUT2D eigenvalue weighted by atomic mass is 32.2. The Bertz CT molecular complexity index is 380. The van der Waals surface area contributed by atoms with Crippen LogP contribution in [-0.4, -0.2) is 14.6 Å². The van der Waals surface area contributed by atoms with E-state index < -0.39 is 16.0 Å². The molecule has 0 saturated carbocycles. The molecule has 0 heterocycles. The maximum absolute atomic E-state index is 11.3. The van der Waals surface area contributed by atoms with Gasteiger partial charge in [-0.25, -0.2) is 8.42 Å². The minimum atomic E-state index is -4.18. The Balaban J connectivity index is 3.26. The van der Waals surface area contributed by atoms with E-state index in [2.05, 4.69) is 0 Å². The van der Waals surface area contributed by atoms with Gasteiger partial charge in [-0.15, -0.1) is 0 Å². The molecule has 0 aliphatic heterocycles. The van der Waals surface area contributed by atoms with Crippen LogP contribution in [0.25, 0.3) is 0 Å². The first-order valence-corrected chi connectivity index (χ1v) is 4.14. The molecule has 2 nitrogen and oxygen atoms in total. The van der Waals surface area contributed by atoms with Crippen molar-refractivity contribution in [2.45, 2.75) is 4.90 Å². The quantitative estimate of drug-likeness (QED) is 0.576. The van der Waals surface area contributed by atoms with E-state index in [4.69, 9.17) is 4.11 Å². The van der Waals surface area contributed by atoms with Crippen LogP contribution in [0.5, 0.6) is 0 Å². The Kier molecular flexibility index (Phi) is 1.00. The van der Waals surface area contributed by atoms with Crippen molar-refractivity contribution in [3.63, 3.8) is 0 Å². The number of benzene rings is 1. The van der Waals surface area contributed by atoms with Crippen LogP contribution in [0.1, 0.15) is 4.11 Å². The van der Waals surface area contributed by atoms with Gasteiger partial charge in [-0.05, 0) is 12.1 Å². The Labute approximate surface area is 64.6 Å². The zero-order valence-corrected chi connectivity index (χ0v) is 5.93. The molecule has 0 radical (unpaired) electrons. The third-order valence-corrected chi connectivity index (χ3v) is 1.95. The molecule has 0 fully saturated rings. The Morgan fingerprint density at radius 1 is 1.30 bits per heavy atom. The maximum Gasteiger partial charge on any atom is 0.175 e. The van der Waals surface area contributed by atoms with E-state index >= 15 is 0 Å². The molecule has 0 spiro atoms. The first-order chi connectivity index (χ1) is 5.86. The minimum absolute atomic E-state index is 0.171. The number of rotatable bonds is 1. The van der Waals surface area contributed by atoms with E-state index in [0.29, 0.717) is 0 Å². The summed E-state index contributed by atoms with van der Waals surface area (Å²) in [5.74, 6) is 0. The lowest BCUT2D eigenvalue weighted by Crippen LogP contribution is -1.95. The van der Waals surface area contributed by atoms with E-state index in [-0.39, 0.29) is 4.90 Å². The molecule has 10 heavy (non-hydrogen) atoms. The summed E-state index contributed by atoms with van der Waals surface area (Å²) in [6.07, 6.45) is -2.98. The third-order valence-electron chi connectivity index (χ3n) is 1.05. The summed E-state index contributed by atoms with van der Waals surface area (Å²) in [7, 11) is -4.18. The minimum Gasteiger partial charge on any atom is -0.224 e. The number of sulfone groups is 1. The molecule has 3 heteroatoms. The zero-order valence-electron chi connectivity index (χ0n) is 8.11. The first-order valence-electron chi connectivity index (χ1n) is 4.15. The fourth-order valence-electron chi connectivity index (χ4n) is 0.600. The molecule has 0 saturated heterocycles. The lowest BCUT2D eigenvalue weighted by Gasteiger charge is -1.93. The van der Waals surface area contributed by atoms with Crippen LogP contribution in [0.2, 0.25) is 0 Å². The van der Waals surface area contributed by atoms with Crippen LogP contribution in [0.4, 0.5) is 0 Å². The van der Waals surface area contributed by atoms with E-state index in [9.17, 15) is 8.42 Å². The average Bonchev–Trinajstić information content (AvgIpc) is 2.04. The SMILES string of the molecule is [2H][13C]([2H])([2H])S(=O)(=O)c1ccccc1. The summed E-state index contributed by atoms with van der Waals surface area (Å²) >= 11 is 0. The van der Waals surface area contributed by atoms with Gasteiger partial charge in [-0.1, -0.05) is 18.2 Å². The molecule has 0 atom stereocenters. The first kappa shape index (κ1) is 4.13. The van der Waals surface area contributed by atoms with Crippen molar-refractivity contribution in [2.24, 2.45) is 0 Å². The van der Waals surface area contributed by atoms with Gasteiger partial charge in [-0.3, -0.25) is 0 Å². The summed E-state index contributed by atoms with van der Waals surface area (Å²) in [5.41, 5.74) is 0. The second-order valence-corrected chi connectivity index (χ2v) is 3.29. The average molecular weight is 160 g/mol. The normalized spacial score (nSPS) is 17.0. The molecule has 1 aromatic carbocycles. The van der Waals surface area contributed by atoms with E-state index in [1.807, 2.05) is 0 Å². The highest BCUT2D eigenvalue weighted by molar-refractivity contribution is 7.90. The smallest absolute Gasteiger partial charge is 0.175 e. The monoisotopic (exact) mass is 160 g/mol. The van der Waals surface area contributed by atoms with Gasteiger partial charge in [0.25, 0.3) is 0 Å². The predicted octanol–water partition coefficient (Wildman–Crippen LogP) is 1.09. The van der Waals surface area contributed by atoms with E-state index in [1.165, 1.54) is 24.3 Å². The van der Waals surface area contributed by atoms with Gasteiger partial charge >= 0.3 is 0 Å². The number of hydrogen-bond donors (Lipinski definition) is 0. The lowest BCUT2D eigenvalue weighted by molar-refractivity contribution is 0.602. The second-order valence-electron chi connectivity index (χ2n) is 1.82. The third kappa shape index (κ3) is 1.57. The summed E-state index contributed by atoms with van der Waals surface area (Å²) in [6.45, 7) is 0. The molecular formula is C7H8O2S. The van der Waals surface area contributed by atoms with Gasteiger partial charge in [0.2, 0.25) is 0 Å². The molecule has 0 unspecified atom stereocenters. The largest absolute Gasteiger partial charge is 0.224 e. The van der Waals surface area contributed by atoms with Gasteiger partial charge in [0.05, 0.1) is 4.90 Å². The Morgan fingerprint density at radius 3 is 2.40 bits per heavy atom. The molecule has 0 aliphatic carbocycles. The van der Waals surface area contributed by atoms with Crippen LogP contribution < -0.4 is 0 Å². The summed E-state index contributed by atoms with van der Waals surface area (Å²) in [6, 6.07) is 7.12. The molecule has 54 valence electrons. The molecule has 0 aromatic heterocycles. The highest BCUT2D eigenvalue weighted by Crippen LogP contribution is 2.05. The van der Waals surface area contributed by atoms with Crippen LogP contribution in [0.15, 0.2) is 35.2 Å². The molecule has 0 N–H and O–H groups in total. The van der Waals surface area contributed by atoms with Crippen LogP contribution in [-0.2, 0) is 9.84 Å². The molecule has 1 aromatic rings. The van der Waals surface area contributed by atoms with Crippen molar-refractivity contribution in [2.75, 3.05) is 6.18 Å². The van der Waals surface area contributed by atoms with Crippen LogP contribution >= 0.6 is 0 Å². The summed E-state index contributed by atoms with van der Waals surface area (Å²) in [5, 5.41) is 0. The maximum atomic E-state index is 11.3. The Hall–Kier alpha value is -0.830. The van der Waals surface area contributed by atoms with Gasteiger partial charge in [0.15, 0.2) is 9.84 Å². The van der Waals surface area contributed by atoms with Crippen molar-refractivity contribution in [1.82, 2.24) is 0 Å². The second kappa shape index (κ2) is 2.42. The van der Waals surface area contributed by atoms with Gasteiger partial charge in [0, 0.05) is 10.3 Å². The van der Waals surface area contributed by atoms with Crippen molar-refractivity contribution >= 4 is 9.84 Å². The van der Waals surface area contributed by atoms with Gasteiger partial charge in [0.1, 0.15) is 0 Å². The van der Waals surface area contributed by atoms with Crippen molar-refractivity contribution in [3.05, 3.63) is 30.3 Å². The molecular weight excluding hydrogens is 149 g/mol. The number of hydrogen-bond acceptors (Lipinski definition) is 2.